The van der Waals surface area contributed by atoms with Gasteiger partial charge in [0.15, 0.2) is 0 Å². The van der Waals surface area contributed by atoms with Crippen LogP contribution in [-0.4, -0.2) is 53.7 Å². The summed E-state index contributed by atoms with van der Waals surface area (Å²) in [7, 11) is 0. The highest BCUT2D eigenvalue weighted by Gasteiger charge is 2.28. The Morgan fingerprint density at radius 1 is 0.970 bits per heavy atom. The van der Waals surface area contributed by atoms with Crippen LogP contribution in [0.5, 0.6) is 0 Å². The number of nitriles is 1. The molecule has 33 heavy (non-hydrogen) atoms. The van der Waals surface area contributed by atoms with Crippen LogP contribution in [0, 0.1) is 18.3 Å². The maximum atomic E-state index is 9.36. The molecule has 0 N–H and O–H groups in total. The molecule has 0 unspecified atom stereocenters. The van der Waals surface area contributed by atoms with Crippen LogP contribution in [0.15, 0.2) is 48.7 Å². The smallest absolute Gasteiger partial charge is 0.227 e. The first-order chi connectivity index (χ1) is 16.1. The lowest BCUT2D eigenvalue weighted by atomic mass is 10.1. The highest BCUT2D eigenvalue weighted by molar-refractivity contribution is 5.67. The topological polar surface area (TPSA) is 72.2 Å². The lowest BCUT2D eigenvalue weighted by Gasteiger charge is -2.41. The maximum absolute atomic E-state index is 9.36. The van der Waals surface area contributed by atoms with Crippen LogP contribution < -0.4 is 14.7 Å². The van der Waals surface area contributed by atoms with Crippen LogP contribution in [0.3, 0.4) is 0 Å². The van der Waals surface area contributed by atoms with Gasteiger partial charge in [0, 0.05) is 56.6 Å². The molecule has 1 atom stereocenters. The fourth-order valence-corrected chi connectivity index (χ4v) is 4.82. The predicted molar refractivity (Wildman–Crippen MR) is 132 cm³/mol. The molecule has 0 aliphatic carbocycles. The molecular formula is C26H29N7. The number of pyridine rings is 1. The second-order valence-electron chi connectivity index (χ2n) is 8.93. The zero-order chi connectivity index (χ0) is 22.8. The van der Waals surface area contributed by atoms with Crippen LogP contribution >= 0.6 is 0 Å². The number of aryl methyl sites for hydroxylation is 1. The van der Waals surface area contributed by atoms with Crippen molar-refractivity contribution in [1.29, 1.82) is 5.26 Å². The second-order valence-corrected chi connectivity index (χ2v) is 8.93. The number of hydrogen-bond acceptors (Lipinski definition) is 7. The number of nitrogens with zero attached hydrogens (tertiary/aromatic N) is 7. The third kappa shape index (κ3) is 4.34. The fourth-order valence-electron chi connectivity index (χ4n) is 4.82. The molecule has 0 spiro atoms. The van der Waals surface area contributed by atoms with E-state index in [9.17, 15) is 5.26 Å². The van der Waals surface area contributed by atoms with E-state index >= 15 is 0 Å². The van der Waals surface area contributed by atoms with Gasteiger partial charge in [-0.15, -0.1) is 0 Å². The number of aromatic nitrogens is 3. The highest BCUT2D eigenvalue weighted by atomic mass is 15.3. The van der Waals surface area contributed by atoms with E-state index in [1.807, 2.05) is 36.5 Å². The summed E-state index contributed by atoms with van der Waals surface area (Å²) in [6.07, 6.45) is 4.21. The highest BCUT2D eigenvalue weighted by Crippen LogP contribution is 2.30. The second kappa shape index (κ2) is 9.07. The van der Waals surface area contributed by atoms with Crippen LogP contribution in [0.4, 0.5) is 17.6 Å². The van der Waals surface area contributed by atoms with E-state index < -0.39 is 0 Å². The Kier molecular flexibility index (Phi) is 5.82. The molecule has 0 bridgehead atoms. The molecule has 0 amide bonds. The minimum absolute atomic E-state index is 0.278. The van der Waals surface area contributed by atoms with E-state index in [4.69, 9.17) is 9.97 Å². The van der Waals surface area contributed by atoms with Crippen molar-refractivity contribution >= 4 is 17.6 Å². The molecule has 5 rings (SSSR count). The van der Waals surface area contributed by atoms with Gasteiger partial charge in [0.25, 0.3) is 0 Å². The largest absolute Gasteiger partial charge is 0.353 e. The predicted octanol–water partition coefficient (Wildman–Crippen LogP) is 4.03. The van der Waals surface area contributed by atoms with Gasteiger partial charge in [0.2, 0.25) is 5.95 Å². The number of hydrogen-bond donors (Lipinski definition) is 0. The van der Waals surface area contributed by atoms with Gasteiger partial charge in [0.1, 0.15) is 11.6 Å². The van der Waals surface area contributed by atoms with Gasteiger partial charge in [-0.05, 0) is 50.5 Å². The minimum Gasteiger partial charge on any atom is -0.353 e. The van der Waals surface area contributed by atoms with Crippen molar-refractivity contribution in [1.82, 2.24) is 15.0 Å². The SMILES string of the molecule is Cc1cccnc1N1CCN(c2cc(-c3cccc(C#N)c3)nc(N3CCCC3)n2)[C@H](C)C1. The summed E-state index contributed by atoms with van der Waals surface area (Å²) in [5.41, 5.74) is 3.67. The minimum atomic E-state index is 0.278. The third-order valence-electron chi connectivity index (χ3n) is 6.58. The summed E-state index contributed by atoms with van der Waals surface area (Å²) in [6.45, 7) is 8.99. The van der Waals surface area contributed by atoms with E-state index in [1.165, 1.54) is 18.4 Å². The van der Waals surface area contributed by atoms with Gasteiger partial charge in [-0.1, -0.05) is 18.2 Å². The molecule has 3 aromatic rings. The Hall–Kier alpha value is -3.66. The molecule has 4 heterocycles. The van der Waals surface area contributed by atoms with Crippen LogP contribution in [-0.2, 0) is 0 Å². The molecule has 7 heteroatoms. The maximum Gasteiger partial charge on any atom is 0.227 e. The monoisotopic (exact) mass is 439 g/mol. The summed E-state index contributed by atoms with van der Waals surface area (Å²) in [5, 5.41) is 9.36. The standard InChI is InChI=1S/C26H29N7/c1-19-7-6-10-28-25(19)32-13-14-33(20(2)18-32)24-16-23(22-9-5-8-21(15-22)17-27)29-26(30-24)31-11-3-4-12-31/h5-10,15-16,20H,3-4,11-14,18H2,1-2H3/t20-/m1/s1. The van der Waals surface area contributed by atoms with E-state index in [-0.39, 0.29) is 6.04 Å². The first kappa shape index (κ1) is 21.2. The average Bonchev–Trinajstić information content (AvgIpc) is 3.39. The van der Waals surface area contributed by atoms with Crippen molar-refractivity contribution in [3.05, 3.63) is 59.8 Å². The van der Waals surface area contributed by atoms with Crippen molar-refractivity contribution in [3.8, 4) is 17.3 Å². The summed E-state index contributed by atoms with van der Waals surface area (Å²) in [5.74, 6) is 2.81. The molecule has 0 radical (unpaired) electrons. The fraction of sp³-hybridized carbons (Fsp3) is 0.385. The van der Waals surface area contributed by atoms with Crippen LogP contribution in [0.2, 0.25) is 0 Å². The summed E-state index contributed by atoms with van der Waals surface area (Å²) < 4.78 is 0. The van der Waals surface area contributed by atoms with Gasteiger partial charge in [-0.2, -0.15) is 10.2 Å². The molecule has 2 saturated heterocycles. The summed E-state index contributed by atoms with van der Waals surface area (Å²) in [4.78, 5) is 21.6. The van der Waals surface area contributed by atoms with Crippen molar-refractivity contribution in [3.63, 3.8) is 0 Å². The first-order valence-corrected chi connectivity index (χ1v) is 11.7. The van der Waals surface area contributed by atoms with Crippen LogP contribution in [0.25, 0.3) is 11.3 Å². The number of benzene rings is 1. The Morgan fingerprint density at radius 3 is 2.58 bits per heavy atom. The normalized spacial score (nSPS) is 18.5. The zero-order valence-electron chi connectivity index (χ0n) is 19.3. The molecule has 2 aliphatic rings. The van der Waals surface area contributed by atoms with Crippen molar-refractivity contribution in [2.75, 3.05) is 47.4 Å². The Labute approximate surface area is 195 Å². The van der Waals surface area contributed by atoms with Gasteiger partial charge in [-0.25, -0.2) is 9.97 Å². The third-order valence-corrected chi connectivity index (χ3v) is 6.58. The van der Waals surface area contributed by atoms with Gasteiger partial charge < -0.3 is 14.7 Å². The Morgan fingerprint density at radius 2 is 1.82 bits per heavy atom. The number of piperazine rings is 1. The quantitative estimate of drug-likeness (QED) is 0.608. The van der Waals surface area contributed by atoms with Gasteiger partial charge in [-0.3, -0.25) is 0 Å². The zero-order valence-corrected chi connectivity index (χ0v) is 19.3. The van der Waals surface area contributed by atoms with E-state index in [1.54, 1.807) is 0 Å². The molecule has 2 aliphatic heterocycles. The summed E-state index contributed by atoms with van der Waals surface area (Å²) >= 11 is 0. The van der Waals surface area contributed by atoms with E-state index in [0.717, 1.165) is 61.6 Å². The first-order valence-electron chi connectivity index (χ1n) is 11.7. The lowest BCUT2D eigenvalue weighted by molar-refractivity contribution is 0.541. The molecular weight excluding hydrogens is 410 g/mol. The lowest BCUT2D eigenvalue weighted by Crippen LogP contribution is -2.53. The van der Waals surface area contributed by atoms with E-state index in [2.05, 4.69) is 51.7 Å². The van der Waals surface area contributed by atoms with Crippen LogP contribution in [0.1, 0.15) is 30.9 Å². The summed E-state index contributed by atoms with van der Waals surface area (Å²) in [6, 6.07) is 16.4. The Balaban J connectivity index is 1.47. The van der Waals surface area contributed by atoms with Crippen molar-refractivity contribution in [2.24, 2.45) is 0 Å². The molecule has 1 aromatic carbocycles. The molecule has 2 aromatic heterocycles. The molecule has 168 valence electrons. The molecule has 0 saturated carbocycles. The van der Waals surface area contributed by atoms with Gasteiger partial charge >= 0.3 is 0 Å². The van der Waals surface area contributed by atoms with Crippen molar-refractivity contribution in [2.45, 2.75) is 32.7 Å². The Bertz CT molecular complexity index is 1180. The van der Waals surface area contributed by atoms with Crippen molar-refractivity contribution < 1.29 is 0 Å². The van der Waals surface area contributed by atoms with Gasteiger partial charge in [0.05, 0.1) is 17.3 Å². The molecule has 7 nitrogen and oxygen atoms in total. The number of anilines is 3. The molecule has 2 fully saturated rings. The average molecular weight is 440 g/mol. The number of rotatable bonds is 4. The van der Waals surface area contributed by atoms with E-state index in [0.29, 0.717) is 5.56 Å².